The van der Waals surface area contributed by atoms with E-state index in [9.17, 15) is 4.39 Å². The molecule has 1 aromatic carbocycles. The average molecular weight is 179 g/mol. The van der Waals surface area contributed by atoms with Crippen LogP contribution in [-0.4, -0.2) is 11.7 Å². The number of aliphatic hydroxyl groups excluding tert-OH is 1. The van der Waals surface area contributed by atoms with E-state index in [1.54, 1.807) is 6.92 Å². The predicted octanol–water partition coefficient (Wildman–Crippen LogP) is 1.06. The summed E-state index contributed by atoms with van der Waals surface area (Å²) in [5.41, 5.74) is 7.18. The van der Waals surface area contributed by atoms with E-state index < -0.39 is 0 Å². The molecular formula is C10H10FNO. The van der Waals surface area contributed by atoms with Crippen molar-refractivity contribution in [1.29, 1.82) is 0 Å². The van der Waals surface area contributed by atoms with Crippen LogP contribution in [0.25, 0.3) is 0 Å². The van der Waals surface area contributed by atoms with Gasteiger partial charge in [-0.25, -0.2) is 4.39 Å². The van der Waals surface area contributed by atoms with Crippen molar-refractivity contribution < 1.29 is 9.50 Å². The molecule has 1 aromatic rings. The molecule has 0 aliphatic heterocycles. The largest absolute Gasteiger partial charge is 0.397 e. The zero-order chi connectivity index (χ0) is 9.84. The van der Waals surface area contributed by atoms with E-state index in [4.69, 9.17) is 10.8 Å². The van der Waals surface area contributed by atoms with Crippen LogP contribution in [0.2, 0.25) is 0 Å². The fourth-order valence-corrected chi connectivity index (χ4v) is 0.992. The molecule has 0 amide bonds. The molecule has 0 aromatic heterocycles. The minimum Gasteiger partial charge on any atom is -0.397 e. The molecule has 0 heterocycles. The van der Waals surface area contributed by atoms with Gasteiger partial charge in [-0.05, 0) is 24.6 Å². The monoisotopic (exact) mass is 179 g/mol. The molecule has 0 bridgehead atoms. The summed E-state index contributed by atoms with van der Waals surface area (Å²) in [5, 5.41) is 8.45. The van der Waals surface area contributed by atoms with Gasteiger partial charge < -0.3 is 10.8 Å². The third-order valence-electron chi connectivity index (χ3n) is 1.65. The molecule has 0 saturated carbocycles. The van der Waals surface area contributed by atoms with Crippen LogP contribution in [0.3, 0.4) is 0 Å². The minimum absolute atomic E-state index is 0.255. The summed E-state index contributed by atoms with van der Waals surface area (Å²) in [4.78, 5) is 0. The Labute approximate surface area is 76.2 Å². The van der Waals surface area contributed by atoms with Crippen molar-refractivity contribution >= 4 is 5.69 Å². The first-order valence-corrected chi connectivity index (χ1v) is 3.80. The Morgan fingerprint density at radius 3 is 2.85 bits per heavy atom. The van der Waals surface area contributed by atoms with Gasteiger partial charge in [-0.1, -0.05) is 11.8 Å². The molecular weight excluding hydrogens is 169 g/mol. The van der Waals surface area contributed by atoms with Gasteiger partial charge in [0.25, 0.3) is 0 Å². The van der Waals surface area contributed by atoms with Crippen LogP contribution in [-0.2, 0) is 0 Å². The highest BCUT2D eigenvalue weighted by atomic mass is 19.1. The summed E-state index contributed by atoms with van der Waals surface area (Å²) in [7, 11) is 0. The van der Waals surface area contributed by atoms with Crippen molar-refractivity contribution in [2.24, 2.45) is 0 Å². The van der Waals surface area contributed by atoms with Gasteiger partial charge in [0.05, 0.1) is 11.3 Å². The second-order valence-electron chi connectivity index (χ2n) is 2.64. The molecule has 2 nitrogen and oxygen atoms in total. The molecule has 0 spiro atoms. The Morgan fingerprint density at radius 1 is 1.54 bits per heavy atom. The number of nitrogen functional groups attached to an aromatic ring is 1. The highest BCUT2D eigenvalue weighted by molar-refractivity contribution is 5.60. The molecule has 68 valence electrons. The second-order valence-corrected chi connectivity index (χ2v) is 2.64. The number of rotatable bonds is 0. The Morgan fingerprint density at radius 2 is 2.23 bits per heavy atom. The lowest BCUT2D eigenvalue weighted by Gasteiger charge is -2.02. The predicted molar refractivity (Wildman–Crippen MR) is 49.5 cm³/mol. The highest BCUT2D eigenvalue weighted by Gasteiger charge is 2.02. The van der Waals surface area contributed by atoms with E-state index in [1.807, 2.05) is 0 Å². The van der Waals surface area contributed by atoms with Crippen LogP contribution in [0.1, 0.15) is 11.1 Å². The first kappa shape index (κ1) is 9.56. The molecule has 0 aliphatic carbocycles. The van der Waals surface area contributed by atoms with E-state index in [0.29, 0.717) is 16.8 Å². The van der Waals surface area contributed by atoms with E-state index in [1.165, 1.54) is 12.1 Å². The van der Waals surface area contributed by atoms with Crippen LogP contribution < -0.4 is 5.73 Å². The van der Waals surface area contributed by atoms with E-state index in [2.05, 4.69) is 11.8 Å². The van der Waals surface area contributed by atoms with Gasteiger partial charge >= 0.3 is 0 Å². The van der Waals surface area contributed by atoms with Crippen molar-refractivity contribution in [3.8, 4) is 11.8 Å². The highest BCUT2D eigenvalue weighted by Crippen LogP contribution is 2.17. The molecule has 1 rings (SSSR count). The second kappa shape index (κ2) is 3.92. The van der Waals surface area contributed by atoms with Crippen molar-refractivity contribution in [2.75, 3.05) is 12.3 Å². The molecule has 0 radical (unpaired) electrons. The summed E-state index contributed by atoms with van der Waals surface area (Å²) < 4.78 is 12.8. The molecule has 3 N–H and O–H groups in total. The number of nitrogens with two attached hydrogens (primary N) is 1. The molecule has 0 fully saturated rings. The molecule has 3 heteroatoms. The number of halogens is 1. The Hall–Kier alpha value is -1.53. The summed E-state index contributed by atoms with van der Waals surface area (Å²) in [6.07, 6.45) is 0. The summed E-state index contributed by atoms with van der Waals surface area (Å²) in [6, 6.07) is 2.60. The number of aryl methyl sites for hydroxylation is 1. The summed E-state index contributed by atoms with van der Waals surface area (Å²) in [6.45, 7) is 1.46. The fraction of sp³-hybridized carbons (Fsp3) is 0.200. The number of hydrogen-bond acceptors (Lipinski definition) is 2. The van der Waals surface area contributed by atoms with Crippen LogP contribution in [0.15, 0.2) is 12.1 Å². The summed E-state index contributed by atoms with van der Waals surface area (Å²) >= 11 is 0. The van der Waals surface area contributed by atoms with Crippen LogP contribution in [0.4, 0.5) is 10.1 Å². The van der Waals surface area contributed by atoms with Crippen LogP contribution in [0, 0.1) is 24.6 Å². The lowest BCUT2D eigenvalue weighted by molar-refractivity contribution is 0.350. The van der Waals surface area contributed by atoms with Crippen LogP contribution in [0.5, 0.6) is 0 Å². The fourth-order valence-electron chi connectivity index (χ4n) is 0.992. The Kier molecular flexibility index (Phi) is 2.88. The lowest BCUT2D eigenvalue weighted by atomic mass is 10.1. The van der Waals surface area contributed by atoms with Gasteiger partial charge in [-0.3, -0.25) is 0 Å². The molecule has 0 unspecified atom stereocenters. The number of anilines is 1. The van der Waals surface area contributed by atoms with E-state index >= 15 is 0 Å². The third kappa shape index (κ3) is 2.20. The Bertz CT molecular complexity index is 376. The molecule has 13 heavy (non-hydrogen) atoms. The maximum atomic E-state index is 12.8. The minimum atomic E-state index is -0.367. The SMILES string of the molecule is Cc1cc(F)cc(C#CCO)c1N. The van der Waals surface area contributed by atoms with Crippen LogP contribution >= 0.6 is 0 Å². The van der Waals surface area contributed by atoms with Gasteiger partial charge in [-0.15, -0.1) is 0 Å². The van der Waals surface area contributed by atoms with Gasteiger partial charge in [0.1, 0.15) is 12.4 Å². The number of hydrogen-bond donors (Lipinski definition) is 2. The average Bonchev–Trinajstić information content (AvgIpc) is 2.09. The molecule has 0 saturated heterocycles. The lowest BCUT2D eigenvalue weighted by Crippen LogP contribution is -1.95. The maximum Gasteiger partial charge on any atom is 0.124 e. The van der Waals surface area contributed by atoms with Gasteiger partial charge in [-0.2, -0.15) is 0 Å². The normalized spacial score (nSPS) is 9.15. The molecule has 0 atom stereocenters. The first-order valence-electron chi connectivity index (χ1n) is 3.80. The van der Waals surface area contributed by atoms with Gasteiger partial charge in [0.15, 0.2) is 0 Å². The standard InChI is InChI=1S/C10H10FNO/c1-7-5-9(11)6-8(10(7)12)3-2-4-13/h5-6,13H,4,12H2,1H3. The molecule has 0 aliphatic rings. The third-order valence-corrected chi connectivity index (χ3v) is 1.65. The quantitative estimate of drug-likeness (QED) is 0.462. The summed E-state index contributed by atoms with van der Waals surface area (Å²) in [5.74, 6) is 4.63. The smallest absolute Gasteiger partial charge is 0.124 e. The van der Waals surface area contributed by atoms with Crippen molar-refractivity contribution in [3.63, 3.8) is 0 Å². The van der Waals surface area contributed by atoms with Crippen molar-refractivity contribution in [1.82, 2.24) is 0 Å². The van der Waals surface area contributed by atoms with Crippen molar-refractivity contribution in [2.45, 2.75) is 6.92 Å². The van der Waals surface area contributed by atoms with Gasteiger partial charge in [0.2, 0.25) is 0 Å². The topological polar surface area (TPSA) is 46.2 Å². The number of benzene rings is 1. The zero-order valence-corrected chi connectivity index (χ0v) is 7.26. The first-order chi connectivity index (χ1) is 6.15. The zero-order valence-electron chi connectivity index (χ0n) is 7.26. The number of aliphatic hydroxyl groups is 1. The van der Waals surface area contributed by atoms with E-state index in [0.717, 1.165) is 0 Å². The maximum absolute atomic E-state index is 12.8. The Balaban J connectivity index is 3.20. The van der Waals surface area contributed by atoms with E-state index in [-0.39, 0.29) is 12.4 Å². The van der Waals surface area contributed by atoms with Gasteiger partial charge in [0, 0.05) is 0 Å². The van der Waals surface area contributed by atoms with Crippen molar-refractivity contribution in [3.05, 3.63) is 29.1 Å².